The van der Waals surface area contributed by atoms with Crippen molar-refractivity contribution in [2.45, 2.75) is 12.0 Å². The summed E-state index contributed by atoms with van der Waals surface area (Å²) < 4.78 is 5.23. The molecule has 2 aromatic carbocycles. The molecule has 1 aliphatic heterocycles. The lowest BCUT2D eigenvalue weighted by Gasteiger charge is -2.19. The fourth-order valence-electron chi connectivity index (χ4n) is 2.81. The lowest BCUT2D eigenvalue weighted by molar-refractivity contribution is -0.120. The van der Waals surface area contributed by atoms with Crippen LogP contribution in [-0.4, -0.2) is 31.6 Å². The molecule has 3 amide bonds. The van der Waals surface area contributed by atoms with Crippen LogP contribution in [0.2, 0.25) is 5.02 Å². The largest absolute Gasteiger partial charge is 0.497 e. The van der Waals surface area contributed by atoms with E-state index in [0.29, 0.717) is 23.0 Å². The normalized spacial score (nSPS) is 19.2. The van der Waals surface area contributed by atoms with Gasteiger partial charge in [0.05, 0.1) is 7.11 Å². The van der Waals surface area contributed by atoms with Crippen molar-refractivity contribution in [3.05, 3.63) is 59.1 Å². The van der Waals surface area contributed by atoms with Gasteiger partial charge in [-0.15, -0.1) is 0 Å². The summed E-state index contributed by atoms with van der Waals surface area (Å²) >= 11 is 5.82. The maximum Gasteiger partial charge on any atom is 0.319 e. The summed E-state index contributed by atoms with van der Waals surface area (Å²) in [5.41, 5.74) is 1.52. The molecule has 2 aromatic rings. The molecule has 7 heteroatoms. The number of carbonyl (C=O) groups excluding carboxylic acids is 2. The number of halogens is 1. The molecule has 0 radical (unpaired) electrons. The van der Waals surface area contributed by atoms with E-state index in [9.17, 15) is 9.59 Å². The van der Waals surface area contributed by atoms with E-state index >= 15 is 0 Å². The van der Waals surface area contributed by atoms with Gasteiger partial charge in [-0.3, -0.25) is 4.79 Å². The van der Waals surface area contributed by atoms with Crippen LogP contribution in [0.1, 0.15) is 11.5 Å². The Bertz CT molecular complexity index is 779. The molecule has 1 fully saturated rings. The summed E-state index contributed by atoms with van der Waals surface area (Å²) in [6.45, 7) is 0.456. The molecule has 0 aromatic heterocycles. The number of benzene rings is 2. The third kappa shape index (κ3) is 4.03. The molecule has 25 heavy (non-hydrogen) atoms. The van der Waals surface area contributed by atoms with Crippen molar-refractivity contribution in [2.75, 3.05) is 19.0 Å². The van der Waals surface area contributed by atoms with Crippen LogP contribution >= 0.6 is 11.6 Å². The minimum atomic E-state index is -0.653. The summed E-state index contributed by atoms with van der Waals surface area (Å²) in [7, 11) is 1.59. The third-order valence-corrected chi connectivity index (χ3v) is 4.34. The Hall–Kier alpha value is -2.73. The highest BCUT2D eigenvalue weighted by Gasteiger charge is 2.37. The van der Waals surface area contributed by atoms with Gasteiger partial charge < -0.3 is 20.7 Å². The number of methoxy groups -OCH3 is 1. The van der Waals surface area contributed by atoms with Crippen molar-refractivity contribution in [1.29, 1.82) is 0 Å². The Morgan fingerprint density at radius 3 is 2.72 bits per heavy atom. The SMILES string of the molecule is COc1cccc([C@H]2CNC(=O)[C@@H]2NC(=O)Nc2ccc(Cl)cc2)c1. The maximum absolute atomic E-state index is 12.2. The molecule has 1 saturated heterocycles. The minimum absolute atomic E-state index is 0.168. The van der Waals surface area contributed by atoms with Gasteiger partial charge in [0, 0.05) is 23.2 Å². The summed E-state index contributed by atoms with van der Waals surface area (Å²) in [5.74, 6) is 0.332. The average Bonchev–Trinajstić information content (AvgIpc) is 2.97. The van der Waals surface area contributed by atoms with Gasteiger partial charge in [0.1, 0.15) is 11.8 Å². The number of hydrogen-bond donors (Lipinski definition) is 3. The van der Waals surface area contributed by atoms with E-state index in [4.69, 9.17) is 16.3 Å². The minimum Gasteiger partial charge on any atom is -0.497 e. The van der Waals surface area contributed by atoms with E-state index in [0.717, 1.165) is 5.56 Å². The number of hydrogen-bond acceptors (Lipinski definition) is 3. The Morgan fingerprint density at radius 2 is 2.00 bits per heavy atom. The van der Waals surface area contributed by atoms with Crippen LogP contribution in [0.25, 0.3) is 0 Å². The second kappa shape index (κ2) is 7.44. The second-order valence-electron chi connectivity index (χ2n) is 5.71. The molecule has 0 spiro atoms. The first-order chi connectivity index (χ1) is 12.1. The van der Waals surface area contributed by atoms with Crippen LogP contribution in [0.3, 0.4) is 0 Å². The molecule has 2 atom stereocenters. The summed E-state index contributed by atoms with van der Waals surface area (Å²) in [6.07, 6.45) is 0. The van der Waals surface area contributed by atoms with Crippen molar-refractivity contribution < 1.29 is 14.3 Å². The molecule has 0 unspecified atom stereocenters. The van der Waals surface area contributed by atoms with Crippen molar-refractivity contribution in [1.82, 2.24) is 10.6 Å². The second-order valence-corrected chi connectivity index (χ2v) is 6.15. The molecule has 0 saturated carbocycles. The van der Waals surface area contributed by atoms with E-state index in [2.05, 4.69) is 16.0 Å². The zero-order valence-electron chi connectivity index (χ0n) is 13.6. The Morgan fingerprint density at radius 1 is 1.24 bits per heavy atom. The van der Waals surface area contributed by atoms with E-state index in [1.54, 1.807) is 31.4 Å². The highest BCUT2D eigenvalue weighted by Crippen LogP contribution is 2.26. The number of urea groups is 1. The van der Waals surface area contributed by atoms with Crippen LogP contribution in [0, 0.1) is 0 Å². The molecule has 1 aliphatic rings. The number of ether oxygens (including phenoxy) is 1. The monoisotopic (exact) mass is 359 g/mol. The lowest BCUT2D eigenvalue weighted by Crippen LogP contribution is -2.44. The van der Waals surface area contributed by atoms with Gasteiger partial charge in [0.15, 0.2) is 0 Å². The van der Waals surface area contributed by atoms with Crippen molar-refractivity contribution in [2.24, 2.45) is 0 Å². The van der Waals surface area contributed by atoms with Gasteiger partial charge >= 0.3 is 6.03 Å². The molecular formula is C18H18ClN3O3. The van der Waals surface area contributed by atoms with Crippen LogP contribution in [-0.2, 0) is 4.79 Å². The molecular weight excluding hydrogens is 342 g/mol. The number of nitrogens with one attached hydrogen (secondary N) is 3. The van der Waals surface area contributed by atoms with Gasteiger partial charge in [-0.2, -0.15) is 0 Å². The highest BCUT2D eigenvalue weighted by atomic mass is 35.5. The zero-order chi connectivity index (χ0) is 17.8. The van der Waals surface area contributed by atoms with Crippen molar-refractivity contribution >= 4 is 29.2 Å². The van der Waals surface area contributed by atoms with E-state index < -0.39 is 12.1 Å². The molecule has 130 valence electrons. The zero-order valence-corrected chi connectivity index (χ0v) is 14.3. The Kier molecular flexibility index (Phi) is 5.09. The van der Waals surface area contributed by atoms with E-state index in [1.807, 2.05) is 24.3 Å². The third-order valence-electron chi connectivity index (χ3n) is 4.09. The van der Waals surface area contributed by atoms with Gasteiger partial charge in [-0.25, -0.2) is 4.79 Å². The average molecular weight is 360 g/mol. The fraction of sp³-hybridized carbons (Fsp3) is 0.222. The first-order valence-electron chi connectivity index (χ1n) is 7.81. The molecule has 3 rings (SSSR count). The maximum atomic E-state index is 12.2. The molecule has 0 bridgehead atoms. The van der Waals surface area contributed by atoms with Crippen LogP contribution < -0.4 is 20.7 Å². The van der Waals surface area contributed by atoms with Crippen LogP contribution in [0.15, 0.2) is 48.5 Å². The number of amides is 3. The van der Waals surface area contributed by atoms with E-state index in [1.165, 1.54) is 0 Å². The van der Waals surface area contributed by atoms with E-state index in [-0.39, 0.29) is 11.8 Å². The van der Waals surface area contributed by atoms with Crippen LogP contribution in [0.4, 0.5) is 10.5 Å². The quantitative estimate of drug-likeness (QED) is 0.785. The first kappa shape index (κ1) is 17.1. The van der Waals surface area contributed by atoms with Gasteiger partial charge in [0.2, 0.25) is 5.91 Å². The fourth-order valence-corrected chi connectivity index (χ4v) is 2.94. The van der Waals surface area contributed by atoms with Gasteiger partial charge in [-0.1, -0.05) is 23.7 Å². The lowest BCUT2D eigenvalue weighted by atomic mass is 9.94. The standard InChI is InChI=1S/C18H18ClN3O3/c1-25-14-4-2-3-11(9-14)15-10-20-17(23)16(15)22-18(24)21-13-7-5-12(19)6-8-13/h2-9,15-16H,10H2,1H3,(H,20,23)(H2,21,22,24)/t15-,16-/m1/s1. The predicted octanol–water partition coefficient (Wildman–Crippen LogP) is 2.75. The van der Waals surface area contributed by atoms with Crippen molar-refractivity contribution in [3.8, 4) is 5.75 Å². The van der Waals surface area contributed by atoms with Crippen molar-refractivity contribution in [3.63, 3.8) is 0 Å². The summed E-state index contributed by atoms with van der Waals surface area (Å²) in [5, 5.41) is 8.81. The van der Waals surface area contributed by atoms with Crippen LogP contribution in [0.5, 0.6) is 5.75 Å². The number of anilines is 1. The number of rotatable bonds is 4. The Labute approximate surface area is 150 Å². The number of carbonyl (C=O) groups is 2. The highest BCUT2D eigenvalue weighted by molar-refractivity contribution is 6.30. The molecule has 6 nitrogen and oxygen atoms in total. The smallest absolute Gasteiger partial charge is 0.319 e. The molecule has 3 N–H and O–H groups in total. The van der Waals surface area contributed by atoms with Gasteiger partial charge in [-0.05, 0) is 42.0 Å². The first-order valence-corrected chi connectivity index (χ1v) is 8.19. The predicted molar refractivity (Wildman–Crippen MR) is 96.1 cm³/mol. The Balaban J connectivity index is 1.71. The molecule has 1 heterocycles. The van der Waals surface area contributed by atoms with Gasteiger partial charge in [0.25, 0.3) is 0 Å². The summed E-state index contributed by atoms with van der Waals surface area (Å²) in [6, 6.07) is 13.1. The topological polar surface area (TPSA) is 79.5 Å². The summed E-state index contributed by atoms with van der Waals surface area (Å²) in [4.78, 5) is 24.4. The molecule has 0 aliphatic carbocycles.